The Hall–Kier alpha value is -2.02. The van der Waals surface area contributed by atoms with Crippen molar-refractivity contribution in [2.75, 3.05) is 0 Å². The highest BCUT2D eigenvalue weighted by Gasteiger charge is 2.29. The van der Waals surface area contributed by atoms with E-state index in [1.807, 2.05) is 12.1 Å². The molecule has 0 fully saturated rings. The van der Waals surface area contributed by atoms with Gasteiger partial charge in [-0.15, -0.1) is 0 Å². The maximum Gasteiger partial charge on any atom is 0.258 e. The first kappa shape index (κ1) is 11.1. The summed E-state index contributed by atoms with van der Waals surface area (Å²) in [5.41, 5.74) is 1.58. The Bertz CT molecular complexity index is 566. The van der Waals surface area contributed by atoms with Crippen LogP contribution in [0.25, 0.3) is 0 Å². The zero-order valence-corrected chi connectivity index (χ0v) is 10.1. The second kappa shape index (κ2) is 4.69. The van der Waals surface area contributed by atoms with Crippen molar-refractivity contribution in [3.8, 4) is 0 Å². The van der Waals surface area contributed by atoms with Crippen molar-refractivity contribution in [2.45, 2.75) is 11.9 Å². The van der Waals surface area contributed by atoms with Gasteiger partial charge in [-0.05, 0) is 11.6 Å². The summed E-state index contributed by atoms with van der Waals surface area (Å²) in [7, 11) is 0. The minimum atomic E-state index is -0.463. The van der Waals surface area contributed by atoms with Crippen molar-refractivity contribution >= 4 is 22.8 Å². The summed E-state index contributed by atoms with van der Waals surface area (Å²) in [6.07, 6.45) is 4.50. The zero-order chi connectivity index (χ0) is 12.4. The van der Waals surface area contributed by atoms with Crippen molar-refractivity contribution in [1.82, 2.24) is 10.3 Å². The summed E-state index contributed by atoms with van der Waals surface area (Å²) in [6.45, 7) is 0. The number of carbonyl (C=O) groups excluding carboxylic acids is 1. The third-order valence-corrected chi connectivity index (χ3v) is 3.43. The molecule has 0 spiro atoms. The highest BCUT2D eigenvalue weighted by molar-refractivity contribution is 8.13. The minimum Gasteiger partial charge on any atom is -0.301 e. The van der Waals surface area contributed by atoms with Gasteiger partial charge in [0.05, 0.1) is 11.8 Å². The fourth-order valence-electron chi connectivity index (χ4n) is 1.58. The van der Waals surface area contributed by atoms with Crippen molar-refractivity contribution in [3.05, 3.63) is 41.9 Å². The number of fused-ring (bicyclic) bond motifs is 1. The van der Waals surface area contributed by atoms with Crippen LogP contribution in [-0.4, -0.2) is 22.2 Å². The number of hydrogen-bond donors (Lipinski definition) is 1. The third kappa shape index (κ3) is 2.17. The van der Waals surface area contributed by atoms with E-state index in [1.54, 1.807) is 12.4 Å². The predicted octanol–water partition coefficient (Wildman–Crippen LogP) is 1.48. The highest BCUT2D eigenvalue weighted by Crippen LogP contribution is 2.23. The Morgan fingerprint density at radius 1 is 1.44 bits per heavy atom. The lowest BCUT2D eigenvalue weighted by molar-refractivity contribution is -0.116. The van der Waals surface area contributed by atoms with Crippen LogP contribution in [0.15, 0.2) is 51.5 Å². The first-order valence-electron chi connectivity index (χ1n) is 5.34. The molecule has 1 N–H and O–H groups in total. The fourth-order valence-corrected chi connectivity index (χ4v) is 2.39. The minimum absolute atomic E-state index is 0.173. The lowest BCUT2D eigenvalue weighted by Crippen LogP contribution is -2.37. The molecule has 1 aromatic rings. The molecular weight excluding hydrogens is 250 g/mol. The van der Waals surface area contributed by atoms with E-state index in [4.69, 9.17) is 0 Å². The average Bonchev–Trinajstić information content (AvgIpc) is 2.86. The number of carbonyl (C=O) groups is 1. The van der Waals surface area contributed by atoms with Gasteiger partial charge >= 0.3 is 0 Å². The zero-order valence-electron chi connectivity index (χ0n) is 9.28. The van der Waals surface area contributed by atoms with Crippen molar-refractivity contribution in [2.24, 2.45) is 15.2 Å². The molecule has 1 aromatic heterocycles. The van der Waals surface area contributed by atoms with E-state index in [9.17, 15) is 4.79 Å². The van der Waals surface area contributed by atoms with E-state index in [0.29, 0.717) is 16.5 Å². The summed E-state index contributed by atoms with van der Waals surface area (Å²) >= 11 is 1.45. The van der Waals surface area contributed by atoms with Gasteiger partial charge in [0, 0.05) is 18.1 Å². The number of nitrogens with one attached hydrogen (secondary N) is 1. The standard InChI is InChI=1S/C11H9N5OS/c17-10-8-5-13-16-9(8)14-11(15-10)18-6-7-2-1-3-12-4-7/h1-5,9H,6H2,(H,14,15,17). The molecule has 0 saturated carbocycles. The Kier molecular flexibility index (Phi) is 2.89. The molecule has 3 heterocycles. The lowest BCUT2D eigenvalue weighted by Gasteiger charge is -2.16. The number of nitrogens with zero attached hydrogens (tertiary/aromatic N) is 4. The van der Waals surface area contributed by atoms with Crippen LogP contribution in [0.3, 0.4) is 0 Å². The summed E-state index contributed by atoms with van der Waals surface area (Å²) in [5.74, 6) is 0.532. The van der Waals surface area contributed by atoms with Gasteiger partial charge in [-0.2, -0.15) is 10.2 Å². The molecule has 3 rings (SSSR count). The molecule has 2 aliphatic rings. The van der Waals surface area contributed by atoms with Gasteiger partial charge in [-0.25, -0.2) is 4.99 Å². The highest BCUT2D eigenvalue weighted by atomic mass is 32.2. The van der Waals surface area contributed by atoms with Crippen LogP contribution in [0.5, 0.6) is 0 Å². The first-order chi connectivity index (χ1) is 8.83. The molecule has 7 heteroatoms. The molecule has 1 atom stereocenters. The third-order valence-electron chi connectivity index (χ3n) is 2.47. The second-order valence-electron chi connectivity index (χ2n) is 3.73. The van der Waals surface area contributed by atoms with Crippen LogP contribution in [0.2, 0.25) is 0 Å². The van der Waals surface area contributed by atoms with E-state index in [0.717, 1.165) is 5.56 Å². The number of rotatable bonds is 2. The lowest BCUT2D eigenvalue weighted by atomic mass is 10.2. The molecule has 0 saturated heterocycles. The fraction of sp³-hybridized carbons (Fsp3) is 0.182. The van der Waals surface area contributed by atoms with E-state index >= 15 is 0 Å². The maximum absolute atomic E-state index is 11.7. The first-order valence-corrected chi connectivity index (χ1v) is 6.32. The van der Waals surface area contributed by atoms with Crippen LogP contribution < -0.4 is 5.32 Å². The van der Waals surface area contributed by atoms with Crippen LogP contribution in [-0.2, 0) is 10.5 Å². The number of aliphatic imine (C=N–C) groups is 1. The van der Waals surface area contributed by atoms with Crippen LogP contribution in [0, 0.1) is 0 Å². The Labute approximate surface area is 107 Å². The molecule has 0 aromatic carbocycles. The van der Waals surface area contributed by atoms with E-state index < -0.39 is 6.17 Å². The topological polar surface area (TPSA) is 79.1 Å². The molecule has 2 aliphatic heterocycles. The van der Waals surface area contributed by atoms with Crippen molar-refractivity contribution < 1.29 is 4.79 Å². The van der Waals surface area contributed by atoms with Gasteiger partial charge < -0.3 is 5.32 Å². The molecule has 0 aliphatic carbocycles. The van der Waals surface area contributed by atoms with Crippen LogP contribution in [0.4, 0.5) is 0 Å². The average molecular weight is 259 g/mol. The van der Waals surface area contributed by atoms with Gasteiger partial charge in [0.15, 0.2) is 11.3 Å². The van der Waals surface area contributed by atoms with E-state index in [1.165, 1.54) is 18.0 Å². The van der Waals surface area contributed by atoms with E-state index in [2.05, 4.69) is 25.5 Å². The molecule has 1 amide bonds. The predicted molar refractivity (Wildman–Crippen MR) is 67.8 cm³/mol. The van der Waals surface area contributed by atoms with Crippen molar-refractivity contribution in [3.63, 3.8) is 0 Å². The number of aromatic nitrogens is 1. The summed E-state index contributed by atoms with van der Waals surface area (Å²) < 4.78 is 0. The summed E-state index contributed by atoms with van der Waals surface area (Å²) in [6, 6.07) is 3.86. The number of amidine groups is 1. The van der Waals surface area contributed by atoms with Gasteiger partial charge in [0.2, 0.25) is 0 Å². The van der Waals surface area contributed by atoms with Crippen molar-refractivity contribution in [1.29, 1.82) is 0 Å². The largest absolute Gasteiger partial charge is 0.301 e. The van der Waals surface area contributed by atoms with Gasteiger partial charge in [-0.3, -0.25) is 9.78 Å². The van der Waals surface area contributed by atoms with Crippen LogP contribution >= 0.6 is 11.8 Å². The van der Waals surface area contributed by atoms with Gasteiger partial charge in [0.25, 0.3) is 5.91 Å². The Balaban J connectivity index is 1.69. The normalized spacial score (nSPS) is 21.1. The number of amides is 1. The number of thioether (sulfide) groups is 1. The molecule has 6 nitrogen and oxygen atoms in total. The molecule has 0 bridgehead atoms. The van der Waals surface area contributed by atoms with Crippen LogP contribution in [0.1, 0.15) is 5.56 Å². The molecular formula is C11H9N5OS. The summed E-state index contributed by atoms with van der Waals surface area (Å²) in [5, 5.41) is 10.9. The molecule has 18 heavy (non-hydrogen) atoms. The maximum atomic E-state index is 11.7. The molecule has 90 valence electrons. The Morgan fingerprint density at radius 2 is 2.39 bits per heavy atom. The number of pyridine rings is 1. The smallest absolute Gasteiger partial charge is 0.258 e. The second-order valence-corrected chi connectivity index (χ2v) is 4.69. The summed E-state index contributed by atoms with van der Waals surface area (Å²) in [4.78, 5) is 20.0. The molecule has 1 unspecified atom stereocenters. The van der Waals surface area contributed by atoms with E-state index in [-0.39, 0.29) is 5.91 Å². The Morgan fingerprint density at radius 3 is 3.22 bits per heavy atom. The quantitative estimate of drug-likeness (QED) is 0.873. The monoisotopic (exact) mass is 259 g/mol. The van der Waals surface area contributed by atoms with Gasteiger partial charge in [-0.1, -0.05) is 17.8 Å². The SMILES string of the molecule is O=C1NC(SCc2cccnc2)=NC2N=NC=C12. The number of hydrogen-bond acceptors (Lipinski definition) is 6. The molecule has 0 radical (unpaired) electrons. The van der Waals surface area contributed by atoms with Gasteiger partial charge in [0.1, 0.15) is 0 Å². The number of azo groups is 1.